The minimum atomic E-state index is -0.343. The maximum Gasteiger partial charge on any atom is 0.223 e. The number of carbonyl (C=O) groups is 1. The third kappa shape index (κ3) is 5.91. The first-order chi connectivity index (χ1) is 9.21. The molecule has 0 aliphatic heterocycles. The summed E-state index contributed by atoms with van der Waals surface area (Å²) in [5, 5.41) is 2.92. The summed E-state index contributed by atoms with van der Waals surface area (Å²) in [6.07, 6.45) is 8.06. The number of rotatable bonds is 8. The van der Waals surface area contributed by atoms with Crippen molar-refractivity contribution >= 4 is 5.91 Å². The molecule has 0 spiro atoms. The van der Waals surface area contributed by atoms with E-state index in [4.69, 9.17) is 9.47 Å². The molecule has 1 rings (SSSR count). The fraction of sp³-hybridized carbons (Fsp3) is 0.933. The number of nitrogens with one attached hydrogen (secondary N) is 1. The largest absolute Gasteiger partial charge is 0.354 e. The SMILES string of the molecule is CCCCC1CCC(C(=O)NCC(OC)OC)CC1. The quantitative estimate of drug-likeness (QED) is 0.691. The highest BCUT2D eigenvalue weighted by Crippen LogP contribution is 2.31. The van der Waals surface area contributed by atoms with Gasteiger partial charge in [0.25, 0.3) is 0 Å². The molecule has 1 aliphatic carbocycles. The average Bonchev–Trinajstić information content (AvgIpc) is 2.46. The van der Waals surface area contributed by atoms with Crippen LogP contribution in [0.4, 0.5) is 0 Å². The van der Waals surface area contributed by atoms with Crippen molar-refractivity contribution < 1.29 is 14.3 Å². The molecule has 1 fully saturated rings. The van der Waals surface area contributed by atoms with Crippen LogP contribution in [0.3, 0.4) is 0 Å². The molecule has 1 saturated carbocycles. The van der Waals surface area contributed by atoms with E-state index < -0.39 is 0 Å². The van der Waals surface area contributed by atoms with Gasteiger partial charge in [0.1, 0.15) is 0 Å². The Morgan fingerprint density at radius 3 is 2.37 bits per heavy atom. The van der Waals surface area contributed by atoms with Crippen LogP contribution in [0.2, 0.25) is 0 Å². The van der Waals surface area contributed by atoms with Crippen molar-refractivity contribution in [3.63, 3.8) is 0 Å². The van der Waals surface area contributed by atoms with Crippen LogP contribution in [-0.4, -0.2) is 33.0 Å². The molecule has 112 valence electrons. The van der Waals surface area contributed by atoms with Gasteiger partial charge in [-0.25, -0.2) is 0 Å². The smallest absolute Gasteiger partial charge is 0.223 e. The zero-order chi connectivity index (χ0) is 14.1. The van der Waals surface area contributed by atoms with Gasteiger partial charge in [-0.2, -0.15) is 0 Å². The van der Waals surface area contributed by atoms with Crippen molar-refractivity contribution in [2.24, 2.45) is 11.8 Å². The monoisotopic (exact) mass is 271 g/mol. The van der Waals surface area contributed by atoms with Gasteiger partial charge in [0.15, 0.2) is 6.29 Å². The summed E-state index contributed by atoms with van der Waals surface area (Å²) in [4.78, 5) is 12.0. The van der Waals surface area contributed by atoms with Gasteiger partial charge in [0.05, 0.1) is 6.54 Å². The molecule has 0 saturated heterocycles. The van der Waals surface area contributed by atoms with E-state index in [1.54, 1.807) is 14.2 Å². The van der Waals surface area contributed by atoms with E-state index in [0.29, 0.717) is 6.54 Å². The predicted molar refractivity (Wildman–Crippen MR) is 75.8 cm³/mol. The highest BCUT2D eigenvalue weighted by Gasteiger charge is 2.26. The van der Waals surface area contributed by atoms with Crippen LogP contribution in [0.1, 0.15) is 51.9 Å². The Morgan fingerprint density at radius 1 is 1.21 bits per heavy atom. The van der Waals surface area contributed by atoms with Crippen LogP contribution in [0.5, 0.6) is 0 Å². The minimum absolute atomic E-state index is 0.160. The molecule has 0 unspecified atom stereocenters. The fourth-order valence-corrected chi connectivity index (χ4v) is 2.80. The van der Waals surface area contributed by atoms with E-state index in [0.717, 1.165) is 18.8 Å². The van der Waals surface area contributed by atoms with Crippen LogP contribution < -0.4 is 5.32 Å². The zero-order valence-electron chi connectivity index (χ0n) is 12.6. The molecule has 0 aromatic heterocycles. The number of amides is 1. The van der Waals surface area contributed by atoms with Gasteiger partial charge in [-0.1, -0.05) is 26.2 Å². The Balaban J connectivity index is 2.21. The second kappa shape index (κ2) is 9.32. The molecule has 1 N–H and O–H groups in total. The first kappa shape index (κ1) is 16.4. The molecule has 19 heavy (non-hydrogen) atoms. The summed E-state index contributed by atoms with van der Waals surface area (Å²) in [6, 6.07) is 0. The number of hydrogen-bond acceptors (Lipinski definition) is 3. The standard InChI is InChI=1S/C15H29NO3/c1-4-5-6-12-7-9-13(10-8-12)15(17)16-11-14(18-2)19-3/h12-14H,4-11H2,1-3H3,(H,16,17). The lowest BCUT2D eigenvalue weighted by Gasteiger charge is -2.28. The van der Waals surface area contributed by atoms with Crippen LogP contribution in [-0.2, 0) is 14.3 Å². The van der Waals surface area contributed by atoms with Gasteiger partial charge in [-0.3, -0.25) is 4.79 Å². The third-order valence-electron chi connectivity index (χ3n) is 4.15. The van der Waals surface area contributed by atoms with E-state index in [1.165, 1.54) is 32.1 Å². The molecular weight excluding hydrogens is 242 g/mol. The molecule has 0 aromatic carbocycles. The number of methoxy groups -OCH3 is 2. The van der Waals surface area contributed by atoms with Gasteiger partial charge in [0.2, 0.25) is 5.91 Å². The lowest BCUT2D eigenvalue weighted by atomic mass is 9.79. The molecule has 0 atom stereocenters. The van der Waals surface area contributed by atoms with Crippen molar-refractivity contribution in [3.8, 4) is 0 Å². The third-order valence-corrected chi connectivity index (χ3v) is 4.15. The van der Waals surface area contributed by atoms with Crippen LogP contribution >= 0.6 is 0 Å². The van der Waals surface area contributed by atoms with Gasteiger partial charge < -0.3 is 14.8 Å². The fourth-order valence-electron chi connectivity index (χ4n) is 2.80. The molecule has 0 radical (unpaired) electrons. The number of ether oxygens (including phenoxy) is 2. The van der Waals surface area contributed by atoms with Gasteiger partial charge in [-0.05, 0) is 31.6 Å². The lowest BCUT2D eigenvalue weighted by Crippen LogP contribution is -2.38. The van der Waals surface area contributed by atoms with E-state index in [-0.39, 0.29) is 18.1 Å². The molecule has 4 heteroatoms. The summed E-state index contributed by atoms with van der Waals surface area (Å²) >= 11 is 0. The summed E-state index contributed by atoms with van der Waals surface area (Å²) < 4.78 is 10.1. The molecule has 1 amide bonds. The van der Waals surface area contributed by atoms with Crippen LogP contribution in [0.15, 0.2) is 0 Å². The minimum Gasteiger partial charge on any atom is -0.354 e. The molecule has 0 aromatic rings. The van der Waals surface area contributed by atoms with Crippen molar-refractivity contribution in [1.82, 2.24) is 5.32 Å². The Morgan fingerprint density at radius 2 is 1.84 bits per heavy atom. The Labute approximate surface area is 117 Å². The molecule has 0 bridgehead atoms. The predicted octanol–water partition coefficient (Wildman–Crippen LogP) is 2.72. The van der Waals surface area contributed by atoms with Gasteiger partial charge in [0, 0.05) is 20.1 Å². The maximum atomic E-state index is 12.0. The van der Waals surface area contributed by atoms with Crippen molar-refractivity contribution in [2.45, 2.75) is 58.2 Å². The second-order valence-electron chi connectivity index (χ2n) is 5.51. The molecule has 0 heterocycles. The highest BCUT2D eigenvalue weighted by molar-refractivity contribution is 5.78. The lowest BCUT2D eigenvalue weighted by molar-refractivity contribution is -0.132. The normalized spacial score (nSPS) is 23.6. The Hall–Kier alpha value is -0.610. The zero-order valence-corrected chi connectivity index (χ0v) is 12.6. The second-order valence-corrected chi connectivity index (χ2v) is 5.51. The summed E-state index contributed by atoms with van der Waals surface area (Å²) in [6.45, 7) is 2.67. The Bertz CT molecular complexity index is 246. The van der Waals surface area contributed by atoms with Gasteiger partial charge >= 0.3 is 0 Å². The summed E-state index contributed by atoms with van der Waals surface area (Å²) in [7, 11) is 3.17. The molecule has 4 nitrogen and oxygen atoms in total. The summed E-state index contributed by atoms with van der Waals surface area (Å²) in [5.41, 5.74) is 0. The van der Waals surface area contributed by atoms with Gasteiger partial charge in [-0.15, -0.1) is 0 Å². The molecular formula is C15H29NO3. The number of unbranched alkanes of at least 4 members (excludes halogenated alkanes) is 1. The van der Waals surface area contributed by atoms with Crippen molar-refractivity contribution in [3.05, 3.63) is 0 Å². The number of carbonyl (C=O) groups excluding carboxylic acids is 1. The first-order valence-corrected chi connectivity index (χ1v) is 7.54. The van der Waals surface area contributed by atoms with E-state index in [9.17, 15) is 4.79 Å². The van der Waals surface area contributed by atoms with E-state index in [1.807, 2.05) is 0 Å². The van der Waals surface area contributed by atoms with E-state index in [2.05, 4.69) is 12.2 Å². The first-order valence-electron chi connectivity index (χ1n) is 7.54. The van der Waals surface area contributed by atoms with E-state index >= 15 is 0 Å². The summed E-state index contributed by atoms with van der Waals surface area (Å²) in [5.74, 6) is 1.19. The highest BCUT2D eigenvalue weighted by atomic mass is 16.7. The van der Waals surface area contributed by atoms with Crippen LogP contribution in [0, 0.1) is 11.8 Å². The maximum absolute atomic E-state index is 12.0. The average molecular weight is 271 g/mol. The van der Waals surface area contributed by atoms with Crippen LogP contribution in [0.25, 0.3) is 0 Å². The molecule has 1 aliphatic rings. The topological polar surface area (TPSA) is 47.6 Å². The van der Waals surface area contributed by atoms with Crippen molar-refractivity contribution in [1.29, 1.82) is 0 Å². The van der Waals surface area contributed by atoms with Crippen molar-refractivity contribution in [2.75, 3.05) is 20.8 Å². The Kier molecular flexibility index (Phi) is 8.07. The number of hydrogen-bond donors (Lipinski definition) is 1.